The van der Waals surface area contributed by atoms with Crippen LogP contribution in [0.25, 0.3) is 10.8 Å². The van der Waals surface area contributed by atoms with Gasteiger partial charge in [-0.25, -0.2) is 0 Å². The lowest BCUT2D eigenvalue weighted by Gasteiger charge is -2.08. The SMILES string of the molecule is C[C@@H](C(=O)O)c1ccc2cc(S(C)=O)ccc2c1. The summed E-state index contributed by atoms with van der Waals surface area (Å²) in [7, 11) is -1.00. The molecule has 1 unspecified atom stereocenters. The average molecular weight is 262 g/mol. The average Bonchev–Trinajstić information content (AvgIpc) is 2.36. The summed E-state index contributed by atoms with van der Waals surface area (Å²) in [5.74, 6) is -1.35. The van der Waals surface area contributed by atoms with Crippen LogP contribution in [-0.4, -0.2) is 21.5 Å². The molecule has 0 aliphatic carbocycles. The normalized spacial score (nSPS) is 14.3. The maximum Gasteiger partial charge on any atom is 0.310 e. The summed E-state index contributed by atoms with van der Waals surface area (Å²) in [4.78, 5) is 11.7. The van der Waals surface area contributed by atoms with E-state index in [1.54, 1.807) is 13.2 Å². The van der Waals surface area contributed by atoms with Gasteiger partial charge in [0.15, 0.2) is 0 Å². The maximum absolute atomic E-state index is 11.4. The number of benzene rings is 2. The second kappa shape index (κ2) is 4.90. The Morgan fingerprint density at radius 2 is 1.78 bits per heavy atom. The summed E-state index contributed by atoms with van der Waals surface area (Å²) in [6, 6.07) is 11.1. The van der Waals surface area contributed by atoms with Crippen molar-refractivity contribution < 1.29 is 14.1 Å². The molecule has 0 radical (unpaired) electrons. The van der Waals surface area contributed by atoms with Crippen LogP contribution < -0.4 is 0 Å². The molecule has 0 aliphatic heterocycles. The summed E-state index contributed by atoms with van der Waals surface area (Å²) in [5, 5.41) is 10.9. The predicted molar refractivity (Wildman–Crippen MR) is 72.3 cm³/mol. The molecular formula is C14H14O3S. The van der Waals surface area contributed by atoms with Gasteiger partial charge in [-0.05, 0) is 35.4 Å². The van der Waals surface area contributed by atoms with Gasteiger partial charge < -0.3 is 5.11 Å². The van der Waals surface area contributed by atoms with Gasteiger partial charge in [0.2, 0.25) is 0 Å². The van der Waals surface area contributed by atoms with Gasteiger partial charge in [0.1, 0.15) is 0 Å². The van der Waals surface area contributed by atoms with Gasteiger partial charge in [0.05, 0.1) is 5.92 Å². The highest BCUT2D eigenvalue weighted by Gasteiger charge is 2.13. The lowest BCUT2D eigenvalue weighted by atomic mass is 9.98. The fourth-order valence-corrected chi connectivity index (χ4v) is 2.39. The number of carbonyl (C=O) groups is 1. The van der Waals surface area contributed by atoms with Gasteiger partial charge in [0.25, 0.3) is 0 Å². The van der Waals surface area contributed by atoms with Crippen molar-refractivity contribution in [1.29, 1.82) is 0 Å². The van der Waals surface area contributed by atoms with Crippen molar-refractivity contribution in [2.24, 2.45) is 0 Å². The smallest absolute Gasteiger partial charge is 0.310 e. The fraction of sp³-hybridized carbons (Fsp3) is 0.214. The van der Waals surface area contributed by atoms with Gasteiger partial charge in [-0.2, -0.15) is 0 Å². The fourth-order valence-electron chi connectivity index (χ4n) is 1.83. The molecule has 0 saturated carbocycles. The van der Waals surface area contributed by atoms with Crippen molar-refractivity contribution in [3.63, 3.8) is 0 Å². The molecule has 0 heterocycles. The van der Waals surface area contributed by atoms with Crippen LogP contribution in [0.2, 0.25) is 0 Å². The van der Waals surface area contributed by atoms with Crippen molar-refractivity contribution in [1.82, 2.24) is 0 Å². The quantitative estimate of drug-likeness (QED) is 0.925. The van der Waals surface area contributed by atoms with E-state index in [0.717, 1.165) is 21.2 Å². The minimum absolute atomic E-state index is 0.519. The third-order valence-electron chi connectivity index (χ3n) is 3.04. The van der Waals surface area contributed by atoms with Crippen LogP contribution in [0.5, 0.6) is 0 Å². The monoisotopic (exact) mass is 262 g/mol. The Balaban J connectivity index is 2.50. The zero-order valence-electron chi connectivity index (χ0n) is 10.2. The number of hydrogen-bond acceptors (Lipinski definition) is 2. The van der Waals surface area contributed by atoms with E-state index < -0.39 is 22.7 Å². The third-order valence-corrected chi connectivity index (χ3v) is 3.96. The molecule has 2 atom stereocenters. The molecule has 0 amide bonds. The topological polar surface area (TPSA) is 54.4 Å². The summed E-state index contributed by atoms with van der Waals surface area (Å²) < 4.78 is 11.4. The number of hydrogen-bond donors (Lipinski definition) is 1. The Labute approximate surface area is 108 Å². The van der Waals surface area contributed by atoms with Gasteiger partial charge in [-0.1, -0.05) is 24.3 Å². The largest absolute Gasteiger partial charge is 0.481 e. The Kier molecular flexibility index (Phi) is 3.48. The van der Waals surface area contributed by atoms with Crippen molar-refractivity contribution in [3.8, 4) is 0 Å². The molecule has 0 spiro atoms. The summed E-state index contributed by atoms with van der Waals surface area (Å²) in [6.07, 6.45) is 1.64. The number of rotatable bonds is 3. The zero-order chi connectivity index (χ0) is 13.3. The molecule has 1 N–H and O–H groups in total. The van der Waals surface area contributed by atoms with Gasteiger partial charge in [0, 0.05) is 22.0 Å². The lowest BCUT2D eigenvalue weighted by molar-refractivity contribution is -0.138. The second-order valence-corrected chi connectivity index (χ2v) is 5.66. The van der Waals surface area contributed by atoms with Crippen LogP contribution in [-0.2, 0) is 15.6 Å². The zero-order valence-corrected chi connectivity index (χ0v) is 11.0. The highest BCUT2D eigenvalue weighted by molar-refractivity contribution is 7.84. The first-order valence-corrected chi connectivity index (χ1v) is 7.15. The molecule has 0 aromatic heterocycles. The number of fused-ring (bicyclic) bond motifs is 1. The molecule has 0 aliphatic rings. The van der Waals surface area contributed by atoms with E-state index in [-0.39, 0.29) is 0 Å². The van der Waals surface area contributed by atoms with Crippen LogP contribution in [0.4, 0.5) is 0 Å². The van der Waals surface area contributed by atoms with Crippen molar-refractivity contribution in [2.75, 3.05) is 6.26 Å². The second-order valence-electron chi connectivity index (χ2n) is 4.28. The molecule has 2 aromatic rings. The Morgan fingerprint density at radius 3 is 2.39 bits per heavy atom. The summed E-state index contributed by atoms with van der Waals surface area (Å²) in [6.45, 7) is 1.67. The minimum Gasteiger partial charge on any atom is -0.481 e. The number of aliphatic carboxylic acids is 1. The van der Waals surface area contributed by atoms with Gasteiger partial charge >= 0.3 is 5.97 Å². The third kappa shape index (κ3) is 2.43. The Hall–Kier alpha value is -1.68. The van der Waals surface area contributed by atoms with E-state index in [9.17, 15) is 9.00 Å². The molecule has 94 valence electrons. The molecule has 4 heteroatoms. The summed E-state index contributed by atoms with van der Waals surface area (Å²) >= 11 is 0. The highest BCUT2D eigenvalue weighted by atomic mass is 32.2. The minimum atomic E-state index is -1.00. The molecule has 18 heavy (non-hydrogen) atoms. The van der Waals surface area contributed by atoms with E-state index in [1.807, 2.05) is 36.4 Å². The first-order chi connectivity index (χ1) is 8.49. The highest BCUT2D eigenvalue weighted by Crippen LogP contribution is 2.23. The van der Waals surface area contributed by atoms with Crippen LogP contribution >= 0.6 is 0 Å². The standard InChI is InChI=1S/C14H14O3S/c1-9(14(15)16)10-3-4-12-8-13(18(2)17)6-5-11(12)7-10/h3-9H,1-2H3,(H,15,16)/t9-,18?/m1/s1. The van der Waals surface area contributed by atoms with Gasteiger partial charge in [-0.3, -0.25) is 9.00 Å². The van der Waals surface area contributed by atoms with Gasteiger partial charge in [-0.15, -0.1) is 0 Å². The van der Waals surface area contributed by atoms with Crippen LogP contribution in [0.3, 0.4) is 0 Å². The molecule has 0 saturated heterocycles. The Morgan fingerprint density at radius 1 is 1.17 bits per heavy atom. The molecule has 0 bridgehead atoms. The van der Waals surface area contributed by atoms with E-state index in [1.165, 1.54) is 0 Å². The molecule has 2 rings (SSSR count). The van der Waals surface area contributed by atoms with Crippen molar-refractivity contribution in [3.05, 3.63) is 42.0 Å². The predicted octanol–water partition coefficient (Wildman–Crippen LogP) is 2.77. The lowest BCUT2D eigenvalue weighted by Crippen LogP contribution is -2.07. The van der Waals surface area contributed by atoms with E-state index in [4.69, 9.17) is 5.11 Å². The van der Waals surface area contributed by atoms with Crippen molar-refractivity contribution >= 4 is 27.5 Å². The molecule has 0 fully saturated rings. The van der Waals surface area contributed by atoms with Crippen molar-refractivity contribution in [2.45, 2.75) is 17.7 Å². The van der Waals surface area contributed by atoms with E-state index >= 15 is 0 Å². The Bertz CT molecular complexity index is 634. The van der Waals surface area contributed by atoms with E-state index in [2.05, 4.69) is 0 Å². The number of carboxylic acids is 1. The first kappa shape index (κ1) is 12.8. The first-order valence-electron chi connectivity index (χ1n) is 5.59. The van der Waals surface area contributed by atoms with Crippen LogP contribution in [0.1, 0.15) is 18.4 Å². The summed E-state index contributed by atoms with van der Waals surface area (Å²) in [5.41, 5.74) is 0.778. The van der Waals surface area contributed by atoms with Crippen LogP contribution in [0.15, 0.2) is 41.3 Å². The molecule has 2 aromatic carbocycles. The number of carboxylic acid groups (broad SMARTS) is 1. The van der Waals surface area contributed by atoms with Crippen LogP contribution in [0, 0.1) is 0 Å². The molecular weight excluding hydrogens is 248 g/mol. The molecule has 3 nitrogen and oxygen atoms in total. The maximum atomic E-state index is 11.4. The van der Waals surface area contributed by atoms with E-state index in [0.29, 0.717) is 0 Å².